The van der Waals surface area contributed by atoms with Gasteiger partial charge in [-0.05, 0) is 67.6 Å². The SMILES string of the molecule is O=C(CCc1cccnc1)Nc1ccc(N2CCCCC2)c(S(=O)(=O)Nc2ccccc2Cl)c1. The van der Waals surface area contributed by atoms with Crippen molar-refractivity contribution in [2.24, 2.45) is 0 Å². The Morgan fingerprint density at radius 1 is 1.03 bits per heavy atom. The van der Waals surface area contributed by atoms with Crippen LogP contribution in [-0.4, -0.2) is 32.4 Å². The zero-order valence-corrected chi connectivity index (χ0v) is 20.3. The average molecular weight is 499 g/mol. The number of carbonyl (C=O) groups is 1. The van der Waals surface area contributed by atoms with E-state index >= 15 is 0 Å². The van der Waals surface area contributed by atoms with Crippen molar-refractivity contribution in [1.29, 1.82) is 0 Å². The molecule has 1 saturated heterocycles. The van der Waals surface area contributed by atoms with Crippen molar-refractivity contribution in [2.45, 2.75) is 37.0 Å². The summed E-state index contributed by atoms with van der Waals surface area (Å²) >= 11 is 6.19. The Morgan fingerprint density at radius 2 is 1.82 bits per heavy atom. The van der Waals surface area contributed by atoms with Crippen molar-refractivity contribution < 1.29 is 13.2 Å². The Morgan fingerprint density at radius 3 is 2.56 bits per heavy atom. The first-order valence-corrected chi connectivity index (χ1v) is 13.1. The lowest BCUT2D eigenvalue weighted by molar-refractivity contribution is -0.116. The lowest BCUT2D eigenvalue weighted by Gasteiger charge is -2.30. The van der Waals surface area contributed by atoms with E-state index in [1.54, 1.807) is 48.8 Å². The minimum absolute atomic E-state index is 0.111. The maximum absolute atomic E-state index is 13.4. The number of halogens is 1. The van der Waals surface area contributed by atoms with Crippen LogP contribution in [0.5, 0.6) is 0 Å². The van der Waals surface area contributed by atoms with Crippen molar-refractivity contribution in [3.05, 3.63) is 77.6 Å². The number of sulfonamides is 1. The molecule has 1 aliphatic rings. The van der Waals surface area contributed by atoms with Crippen LogP contribution in [0.2, 0.25) is 5.02 Å². The van der Waals surface area contributed by atoms with Crippen LogP contribution >= 0.6 is 11.6 Å². The largest absolute Gasteiger partial charge is 0.370 e. The van der Waals surface area contributed by atoms with E-state index in [9.17, 15) is 13.2 Å². The molecular formula is C25H27ClN4O3S. The number of aromatic nitrogens is 1. The Labute approximate surface area is 205 Å². The third-order valence-electron chi connectivity index (χ3n) is 5.71. The van der Waals surface area contributed by atoms with Crippen LogP contribution in [0.3, 0.4) is 0 Å². The summed E-state index contributed by atoms with van der Waals surface area (Å²) in [6.07, 6.45) is 7.36. The molecule has 2 N–H and O–H groups in total. The average Bonchev–Trinajstić information content (AvgIpc) is 2.85. The molecule has 9 heteroatoms. The zero-order chi connectivity index (χ0) is 24.0. The topological polar surface area (TPSA) is 91.4 Å². The fourth-order valence-electron chi connectivity index (χ4n) is 3.97. The summed E-state index contributed by atoms with van der Waals surface area (Å²) in [4.78, 5) is 18.8. The molecule has 2 heterocycles. The van der Waals surface area contributed by atoms with Gasteiger partial charge in [0.25, 0.3) is 10.0 Å². The van der Waals surface area contributed by atoms with Gasteiger partial charge in [0.05, 0.1) is 16.4 Å². The molecule has 0 aliphatic carbocycles. The third kappa shape index (κ3) is 6.07. The summed E-state index contributed by atoms with van der Waals surface area (Å²) in [6, 6.07) is 15.5. The minimum Gasteiger partial charge on any atom is -0.370 e. The second-order valence-electron chi connectivity index (χ2n) is 8.23. The van der Waals surface area contributed by atoms with Crippen molar-refractivity contribution in [2.75, 3.05) is 28.0 Å². The highest BCUT2D eigenvalue weighted by Crippen LogP contribution is 2.33. The van der Waals surface area contributed by atoms with Crippen LogP contribution in [-0.2, 0) is 21.2 Å². The standard InChI is InChI=1S/C25H27ClN4O3S/c26-21-8-2-3-9-22(21)29-34(32,33)24-17-20(11-12-23(24)30-15-4-1-5-16-30)28-25(31)13-10-19-7-6-14-27-18-19/h2-3,6-9,11-12,14,17-18,29H,1,4-5,10,13,15-16H2,(H,28,31). The summed E-state index contributed by atoms with van der Waals surface area (Å²) in [5.74, 6) is -0.197. The fraction of sp³-hybridized carbons (Fsp3) is 0.280. The van der Waals surface area contributed by atoms with Crippen molar-refractivity contribution in [3.8, 4) is 0 Å². The molecule has 3 aromatic rings. The molecule has 1 aliphatic heterocycles. The number of amides is 1. The van der Waals surface area contributed by atoms with Gasteiger partial charge in [0.2, 0.25) is 5.91 Å². The summed E-state index contributed by atoms with van der Waals surface area (Å²) < 4.78 is 29.5. The molecule has 178 valence electrons. The zero-order valence-electron chi connectivity index (χ0n) is 18.7. The Balaban J connectivity index is 1.59. The highest BCUT2D eigenvalue weighted by molar-refractivity contribution is 7.93. The molecule has 0 bridgehead atoms. The molecule has 4 rings (SSSR count). The van der Waals surface area contributed by atoms with Gasteiger partial charge in [-0.1, -0.05) is 29.8 Å². The number of para-hydroxylation sites is 1. The van der Waals surface area contributed by atoms with Gasteiger partial charge in [-0.2, -0.15) is 0 Å². The summed E-state index contributed by atoms with van der Waals surface area (Å²) in [6.45, 7) is 1.57. The maximum Gasteiger partial charge on any atom is 0.264 e. The van der Waals surface area contributed by atoms with Crippen molar-refractivity contribution in [3.63, 3.8) is 0 Å². The number of hydrogen-bond donors (Lipinski definition) is 2. The second-order valence-corrected chi connectivity index (χ2v) is 10.3. The first kappa shape index (κ1) is 24.0. The highest BCUT2D eigenvalue weighted by atomic mass is 35.5. The molecule has 34 heavy (non-hydrogen) atoms. The molecular weight excluding hydrogens is 472 g/mol. The molecule has 1 fully saturated rings. The van der Waals surface area contributed by atoms with Gasteiger partial charge in [-0.3, -0.25) is 14.5 Å². The maximum atomic E-state index is 13.4. The van der Waals surface area contributed by atoms with E-state index in [2.05, 4.69) is 19.9 Å². The van der Waals surface area contributed by atoms with E-state index in [0.717, 1.165) is 37.9 Å². The molecule has 0 radical (unpaired) electrons. The quantitative estimate of drug-likeness (QED) is 0.451. The van der Waals surface area contributed by atoms with Crippen molar-refractivity contribution >= 4 is 44.6 Å². The number of carbonyl (C=O) groups excluding carboxylic acids is 1. The monoisotopic (exact) mass is 498 g/mol. The molecule has 0 saturated carbocycles. The van der Waals surface area contributed by atoms with E-state index in [-0.39, 0.29) is 17.2 Å². The number of nitrogens with one attached hydrogen (secondary N) is 2. The Hall–Kier alpha value is -3.10. The minimum atomic E-state index is -3.97. The van der Waals surface area contributed by atoms with Gasteiger partial charge in [0.1, 0.15) is 4.90 Å². The van der Waals surface area contributed by atoms with Gasteiger partial charge < -0.3 is 10.2 Å². The number of anilines is 3. The normalized spacial score (nSPS) is 14.0. The highest BCUT2D eigenvalue weighted by Gasteiger charge is 2.25. The van der Waals surface area contributed by atoms with Crippen LogP contribution in [0, 0.1) is 0 Å². The Kier molecular flexibility index (Phi) is 7.70. The van der Waals surface area contributed by atoms with Gasteiger partial charge in [0, 0.05) is 37.6 Å². The van der Waals surface area contributed by atoms with Gasteiger partial charge in [-0.15, -0.1) is 0 Å². The summed E-state index contributed by atoms with van der Waals surface area (Å²) in [5, 5.41) is 3.14. The van der Waals surface area contributed by atoms with Crippen LogP contribution < -0.4 is 14.9 Å². The molecule has 0 unspecified atom stereocenters. The number of rotatable bonds is 8. The predicted octanol–water partition coefficient (Wildman–Crippen LogP) is 5.10. The fourth-order valence-corrected chi connectivity index (χ4v) is 5.55. The summed E-state index contributed by atoms with van der Waals surface area (Å²) in [5.41, 5.74) is 2.31. The summed E-state index contributed by atoms with van der Waals surface area (Å²) in [7, 11) is -3.97. The molecule has 1 aromatic heterocycles. The number of nitrogens with zero attached hydrogens (tertiary/aromatic N) is 2. The van der Waals surface area contributed by atoms with Crippen molar-refractivity contribution in [1.82, 2.24) is 4.98 Å². The van der Waals surface area contributed by atoms with Gasteiger partial charge in [0.15, 0.2) is 0 Å². The number of pyridine rings is 1. The van der Waals surface area contributed by atoms with E-state index in [0.29, 0.717) is 28.5 Å². The molecule has 0 spiro atoms. The van der Waals surface area contributed by atoms with E-state index in [1.165, 1.54) is 6.07 Å². The third-order valence-corrected chi connectivity index (χ3v) is 7.44. The molecule has 1 amide bonds. The van der Waals surface area contributed by atoms with E-state index in [1.807, 2.05) is 12.1 Å². The number of benzene rings is 2. The Bertz CT molecular complexity index is 1250. The van der Waals surface area contributed by atoms with E-state index in [4.69, 9.17) is 11.6 Å². The predicted molar refractivity (Wildman–Crippen MR) is 136 cm³/mol. The van der Waals surface area contributed by atoms with Crippen LogP contribution in [0.25, 0.3) is 0 Å². The molecule has 7 nitrogen and oxygen atoms in total. The number of aryl methyl sites for hydroxylation is 1. The number of hydrogen-bond acceptors (Lipinski definition) is 5. The van der Waals surface area contributed by atoms with Gasteiger partial charge >= 0.3 is 0 Å². The lowest BCUT2D eigenvalue weighted by atomic mass is 10.1. The first-order chi connectivity index (χ1) is 16.4. The van der Waals surface area contributed by atoms with Gasteiger partial charge in [-0.25, -0.2) is 8.42 Å². The first-order valence-electron chi connectivity index (χ1n) is 11.3. The second kappa shape index (κ2) is 10.9. The van der Waals surface area contributed by atoms with Crippen LogP contribution in [0.4, 0.5) is 17.1 Å². The molecule has 2 aromatic carbocycles. The van der Waals surface area contributed by atoms with Crippen LogP contribution in [0.1, 0.15) is 31.2 Å². The lowest BCUT2D eigenvalue weighted by Crippen LogP contribution is -2.31. The van der Waals surface area contributed by atoms with Crippen LogP contribution in [0.15, 0.2) is 71.9 Å². The smallest absolute Gasteiger partial charge is 0.264 e. The number of piperidine rings is 1. The molecule has 0 atom stereocenters. The van der Waals surface area contributed by atoms with E-state index < -0.39 is 10.0 Å².